The summed E-state index contributed by atoms with van der Waals surface area (Å²) in [5, 5.41) is 29.8. The number of hydrogen-bond acceptors (Lipinski definition) is 5. The maximum absolute atomic E-state index is 11.7. The second-order valence-corrected chi connectivity index (χ2v) is 7.09. The molecule has 1 rings (SSSR count). The molecule has 1 aliphatic heterocycles. The molecule has 0 aliphatic carbocycles. The van der Waals surface area contributed by atoms with Crippen LogP contribution in [0.25, 0.3) is 0 Å². The van der Waals surface area contributed by atoms with Gasteiger partial charge in [-0.25, -0.2) is 4.79 Å². The van der Waals surface area contributed by atoms with Gasteiger partial charge in [-0.1, -0.05) is 66.8 Å². The fourth-order valence-corrected chi connectivity index (χ4v) is 2.66. The summed E-state index contributed by atoms with van der Waals surface area (Å²) in [6, 6.07) is 0. The van der Waals surface area contributed by atoms with Crippen LogP contribution in [0.3, 0.4) is 0 Å². The van der Waals surface area contributed by atoms with Gasteiger partial charge < -0.3 is 20.1 Å². The number of allylic oxidation sites excluding steroid dienone is 7. The van der Waals surface area contributed by atoms with Crippen LogP contribution >= 0.6 is 0 Å². The number of aliphatic hydroxyl groups excluding tert-OH is 3. The molecule has 0 saturated heterocycles. The Morgan fingerprint density at radius 2 is 1.52 bits per heavy atom. The monoisotopic (exact) mass is 402 g/mol. The van der Waals surface area contributed by atoms with Crippen LogP contribution in [-0.4, -0.2) is 45.7 Å². The number of carbonyl (C=O) groups excluding carboxylic acids is 1. The largest absolute Gasteiger partial charge is 0.460 e. The molecule has 4 atom stereocenters. The maximum atomic E-state index is 11.7. The number of carbonyl (C=O) groups is 1. The van der Waals surface area contributed by atoms with Crippen LogP contribution in [0, 0.1) is 0 Å². The number of esters is 1. The average Bonchev–Trinajstić information content (AvgIpc) is 2.65. The molecular weight excluding hydrogens is 368 g/mol. The zero-order chi connectivity index (χ0) is 21.3. The van der Waals surface area contributed by atoms with Crippen molar-refractivity contribution in [1.82, 2.24) is 0 Å². The molecular formula is C24H34O5. The second-order valence-electron chi connectivity index (χ2n) is 7.09. The Morgan fingerprint density at radius 3 is 2.31 bits per heavy atom. The first kappa shape index (κ1) is 24.8. The van der Waals surface area contributed by atoms with Crippen molar-refractivity contribution in [2.24, 2.45) is 0 Å². The van der Waals surface area contributed by atoms with E-state index in [0.29, 0.717) is 12.8 Å². The zero-order valence-electron chi connectivity index (χ0n) is 17.1. The molecule has 29 heavy (non-hydrogen) atoms. The van der Waals surface area contributed by atoms with Gasteiger partial charge >= 0.3 is 5.97 Å². The quantitative estimate of drug-likeness (QED) is 0.538. The number of hydrogen-bond donors (Lipinski definition) is 3. The SMILES string of the molecule is C[C@@H]1CCC/C=C/C=C/[C@@H](O)C[C@@H](O)C/C=C\C=C\[C@H](O)C/C=C/C=C\C(=O)O1. The zero-order valence-corrected chi connectivity index (χ0v) is 17.1. The molecule has 5 nitrogen and oxygen atoms in total. The molecule has 0 aromatic carbocycles. The van der Waals surface area contributed by atoms with E-state index in [2.05, 4.69) is 0 Å². The summed E-state index contributed by atoms with van der Waals surface area (Å²) < 4.78 is 5.31. The van der Waals surface area contributed by atoms with Gasteiger partial charge in [-0.05, 0) is 39.0 Å². The Kier molecular flexibility index (Phi) is 13.4. The fourth-order valence-electron chi connectivity index (χ4n) is 2.66. The highest BCUT2D eigenvalue weighted by Crippen LogP contribution is 2.08. The number of ether oxygens (including phenoxy) is 1. The van der Waals surface area contributed by atoms with Crippen molar-refractivity contribution in [3.8, 4) is 0 Å². The van der Waals surface area contributed by atoms with Gasteiger partial charge in [-0.3, -0.25) is 0 Å². The Bertz CT molecular complexity index is 627. The average molecular weight is 403 g/mol. The summed E-state index contributed by atoms with van der Waals surface area (Å²) in [5.74, 6) is -0.378. The topological polar surface area (TPSA) is 87.0 Å². The molecule has 0 aromatic rings. The predicted molar refractivity (Wildman–Crippen MR) is 116 cm³/mol. The van der Waals surface area contributed by atoms with E-state index in [-0.39, 0.29) is 18.5 Å². The van der Waals surface area contributed by atoms with Gasteiger partial charge in [0, 0.05) is 12.5 Å². The molecule has 0 spiro atoms. The molecule has 1 aliphatic rings. The third kappa shape index (κ3) is 14.4. The lowest BCUT2D eigenvalue weighted by atomic mass is 10.1. The molecule has 0 saturated carbocycles. The molecule has 0 amide bonds. The molecule has 0 aromatic heterocycles. The Balaban J connectivity index is 2.66. The third-order valence-corrected chi connectivity index (χ3v) is 4.24. The van der Waals surface area contributed by atoms with Crippen molar-refractivity contribution in [1.29, 1.82) is 0 Å². The maximum Gasteiger partial charge on any atom is 0.331 e. The van der Waals surface area contributed by atoms with Gasteiger partial charge in [-0.15, -0.1) is 0 Å². The summed E-state index contributed by atoms with van der Waals surface area (Å²) in [5.41, 5.74) is 0. The van der Waals surface area contributed by atoms with Crippen molar-refractivity contribution < 1.29 is 24.9 Å². The molecule has 0 radical (unpaired) electrons. The van der Waals surface area contributed by atoms with Crippen LogP contribution < -0.4 is 0 Å². The molecule has 0 unspecified atom stereocenters. The van der Waals surface area contributed by atoms with Crippen molar-refractivity contribution in [2.75, 3.05) is 0 Å². The summed E-state index contributed by atoms with van der Waals surface area (Å²) in [4.78, 5) is 11.7. The van der Waals surface area contributed by atoms with Crippen molar-refractivity contribution in [3.05, 3.63) is 72.9 Å². The number of cyclic esters (lactones) is 1. The van der Waals surface area contributed by atoms with Crippen LogP contribution in [0.1, 0.15) is 45.4 Å². The van der Waals surface area contributed by atoms with Crippen molar-refractivity contribution in [2.45, 2.75) is 69.9 Å². The Morgan fingerprint density at radius 1 is 0.862 bits per heavy atom. The highest BCUT2D eigenvalue weighted by Gasteiger charge is 2.07. The van der Waals surface area contributed by atoms with E-state index in [1.54, 1.807) is 54.7 Å². The second kappa shape index (κ2) is 15.7. The van der Waals surface area contributed by atoms with Crippen LogP contribution in [0.15, 0.2) is 72.9 Å². The van der Waals surface area contributed by atoms with Crippen LogP contribution in [0.2, 0.25) is 0 Å². The fraction of sp³-hybridized carbons (Fsp3) is 0.458. The van der Waals surface area contributed by atoms with Gasteiger partial charge in [0.1, 0.15) is 0 Å². The minimum Gasteiger partial charge on any atom is -0.460 e. The normalized spacial score (nSPS) is 35.4. The van der Waals surface area contributed by atoms with Crippen molar-refractivity contribution >= 4 is 5.97 Å². The van der Waals surface area contributed by atoms with E-state index >= 15 is 0 Å². The summed E-state index contributed by atoms with van der Waals surface area (Å²) in [7, 11) is 0. The van der Waals surface area contributed by atoms with Gasteiger partial charge in [0.15, 0.2) is 0 Å². The van der Waals surface area contributed by atoms with Gasteiger partial charge in [0.2, 0.25) is 0 Å². The van der Waals surface area contributed by atoms with Crippen LogP contribution in [0.5, 0.6) is 0 Å². The highest BCUT2D eigenvalue weighted by atomic mass is 16.5. The number of rotatable bonds is 0. The van der Waals surface area contributed by atoms with E-state index < -0.39 is 18.3 Å². The molecule has 1 heterocycles. The molecule has 0 bridgehead atoms. The standard InChI is InChI=1S/C24H34O5/c1-20-13-7-3-2-4-8-16-22(26)19-23(27)17-11-5-9-14-21(25)15-10-6-12-18-24(28)29-20/h2,4-6,8-12,14,16,18,20-23,25-27H,3,7,13,15,17,19H2,1H3/b4-2+,10-6+,11-5-,14-9+,16-8+,18-12-/t20-,21+,22-,23+/m1/s1. The molecule has 3 N–H and O–H groups in total. The first-order chi connectivity index (χ1) is 14.0. The minimum absolute atomic E-state index is 0.158. The number of aliphatic hydroxyl groups is 3. The first-order valence-electron chi connectivity index (χ1n) is 10.2. The highest BCUT2D eigenvalue weighted by molar-refractivity contribution is 5.82. The van der Waals surface area contributed by atoms with Gasteiger partial charge in [0.25, 0.3) is 0 Å². The molecule has 160 valence electrons. The van der Waals surface area contributed by atoms with E-state index in [1.807, 2.05) is 19.1 Å². The minimum atomic E-state index is -0.703. The summed E-state index contributed by atoms with van der Waals surface area (Å²) in [6.07, 6.45) is 22.2. The van der Waals surface area contributed by atoms with Gasteiger partial charge in [-0.2, -0.15) is 0 Å². The Hall–Kier alpha value is -2.21. The van der Waals surface area contributed by atoms with E-state index in [9.17, 15) is 20.1 Å². The van der Waals surface area contributed by atoms with Crippen LogP contribution in [0.4, 0.5) is 0 Å². The summed E-state index contributed by atoms with van der Waals surface area (Å²) in [6.45, 7) is 1.87. The third-order valence-electron chi connectivity index (χ3n) is 4.24. The van der Waals surface area contributed by atoms with E-state index in [0.717, 1.165) is 19.3 Å². The summed E-state index contributed by atoms with van der Waals surface area (Å²) >= 11 is 0. The predicted octanol–water partition coefficient (Wildman–Crippen LogP) is 3.69. The van der Waals surface area contributed by atoms with Crippen LogP contribution in [-0.2, 0) is 9.53 Å². The lowest BCUT2D eigenvalue weighted by molar-refractivity contribution is -0.142. The lowest BCUT2D eigenvalue weighted by Crippen LogP contribution is -2.14. The Labute approximate surface area is 174 Å². The first-order valence-corrected chi connectivity index (χ1v) is 10.2. The molecule has 5 heteroatoms. The van der Waals surface area contributed by atoms with E-state index in [4.69, 9.17) is 4.74 Å². The van der Waals surface area contributed by atoms with Gasteiger partial charge in [0.05, 0.1) is 24.4 Å². The molecule has 0 fully saturated rings. The van der Waals surface area contributed by atoms with Crippen molar-refractivity contribution in [3.63, 3.8) is 0 Å². The lowest BCUT2D eigenvalue weighted by Gasteiger charge is -2.10. The van der Waals surface area contributed by atoms with E-state index in [1.165, 1.54) is 6.08 Å². The smallest absolute Gasteiger partial charge is 0.331 e.